The first-order valence-electron chi connectivity index (χ1n) is 8.89. The Hall–Kier alpha value is -3.30. The quantitative estimate of drug-likeness (QED) is 0.320. The van der Waals surface area contributed by atoms with Crippen molar-refractivity contribution in [1.82, 2.24) is 9.80 Å². The minimum absolute atomic E-state index is 0.0124. The molecule has 1 fully saturated rings. The van der Waals surface area contributed by atoms with Gasteiger partial charge in [-0.25, -0.2) is 0 Å². The van der Waals surface area contributed by atoms with Crippen LogP contribution < -0.4 is 0 Å². The van der Waals surface area contributed by atoms with Gasteiger partial charge in [-0.05, 0) is 32.3 Å². The van der Waals surface area contributed by atoms with E-state index in [0.29, 0.717) is 11.4 Å². The second-order valence-corrected chi connectivity index (χ2v) is 6.78. The maximum Gasteiger partial charge on any atom is 0.326 e. The smallest absolute Gasteiger partial charge is 0.326 e. The number of carbonyl (C=O) groups excluding carboxylic acids is 4. The summed E-state index contributed by atoms with van der Waals surface area (Å²) < 4.78 is 4.94. The molecule has 0 saturated carbocycles. The van der Waals surface area contributed by atoms with Gasteiger partial charge in [0, 0.05) is 24.7 Å². The molecular formula is C18H19N3O7. The Balaban J connectivity index is 1.60. The van der Waals surface area contributed by atoms with Crippen LogP contribution in [0, 0.1) is 10.1 Å². The van der Waals surface area contributed by atoms with Crippen LogP contribution in [-0.2, 0) is 14.3 Å². The van der Waals surface area contributed by atoms with Gasteiger partial charge in [0.1, 0.15) is 6.54 Å². The Morgan fingerprint density at radius 3 is 2.61 bits per heavy atom. The van der Waals surface area contributed by atoms with Gasteiger partial charge in [0.05, 0.1) is 16.1 Å². The van der Waals surface area contributed by atoms with Gasteiger partial charge in [0.15, 0.2) is 6.61 Å². The van der Waals surface area contributed by atoms with Gasteiger partial charge in [-0.1, -0.05) is 0 Å². The summed E-state index contributed by atoms with van der Waals surface area (Å²) in [4.78, 5) is 61.4. The van der Waals surface area contributed by atoms with Crippen LogP contribution in [0.25, 0.3) is 0 Å². The van der Waals surface area contributed by atoms with Gasteiger partial charge in [-0.3, -0.25) is 34.2 Å². The molecule has 1 aromatic rings. The molecule has 2 aliphatic rings. The fourth-order valence-corrected chi connectivity index (χ4v) is 3.40. The van der Waals surface area contributed by atoms with Gasteiger partial charge in [0.25, 0.3) is 23.4 Å². The van der Waals surface area contributed by atoms with E-state index in [1.165, 1.54) is 6.07 Å². The lowest BCUT2D eigenvalue weighted by molar-refractivity contribution is -0.384. The highest BCUT2D eigenvalue weighted by Gasteiger charge is 2.38. The van der Waals surface area contributed by atoms with Crippen molar-refractivity contribution in [2.75, 3.05) is 19.7 Å². The summed E-state index contributed by atoms with van der Waals surface area (Å²) in [5.74, 6) is -2.76. The third-order valence-corrected chi connectivity index (χ3v) is 4.93. The molecule has 1 saturated heterocycles. The number of fused-ring (bicyclic) bond motifs is 1. The predicted molar refractivity (Wildman–Crippen MR) is 94.4 cm³/mol. The number of non-ortho nitro benzene ring substituents is 1. The van der Waals surface area contributed by atoms with Crippen LogP contribution in [0.3, 0.4) is 0 Å². The Kier molecular flexibility index (Phi) is 5.39. The standard InChI is InChI=1S/C18H19N3O7/c1-11-4-2-3-7-19(11)15(22)10-28-16(23)9-20-17(24)13-6-5-12(21(26)27)8-14(13)18(20)25/h5-6,8,11H,2-4,7,9-10H2,1H3/t11-/m1/s1. The molecule has 0 bridgehead atoms. The van der Waals surface area contributed by atoms with Crippen molar-refractivity contribution in [3.8, 4) is 0 Å². The maximum atomic E-state index is 12.3. The summed E-state index contributed by atoms with van der Waals surface area (Å²) in [6.07, 6.45) is 2.83. The van der Waals surface area contributed by atoms with Crippen molar-refractivity contribution in [3.63, 3.8) is 0 Å². The number of esters is 1. The van der Waals surface area contributed by atoms with E-state index in [-0.39, 0.29) is 28.8 Å². The molecule has 0 spiro atoms. The molecule has 0 aliphatic carbocycles. The molecule has 10 heteroatoms. The number of benzene rings is 1. The number of imide groups is 1. The first-order chi connectivity index (χ1) is 13.3. The van der Waals surface area contributed by atoms with E-state index in [1.807, 2.05) is 6.92 Å². The summed E-state index contributed by atoms with van der Waals surface area (Å²) in [6, 6.07) is 3.37. The Morgan fingerprint density at radius 2 is 1.93 bits per heavy atom. The number of likely N-dealkylation sites (tertiary alicyclic amines) is 1. The first kappa shape index (κ1) is 19.5. The Labute approximate surface area is 160 Å². The number of ether oxygens (including phenoxy) is 1. The van der Waals surface area contributed by atoms with E-state index in [9.17, 15) is 29.3 Å². The predicted octanol–water partition coefficient (Wildman–Crippen LogP) is 1.14. The normalized spacial score (nSPS) is 18.8. The lowest BCUT2D eigenvalue weighted by atomic mass is 10.0. The van der Waals surface area contributed by atoms with Crippen LogP contribution >= 0.6 is 0 Å². The molecule has 10 nitrogen and oxygen atoms in total. The van der Waals surface area contributed by atoms with Crippen LogP contribution in [-0.4, -0.2) is 64.2 Å². The molecule has 0 radical (unpaired) electrons. The Morgan fingerprint density at radius 1 is 1.21 bits per heavy atom. The highest BCUT2D eigenvalue weighted by molar-refractivity contribution is 6.22. The molecule has 148 valence electrons. The molecule has 3 amide bonds. The zero-order valence-electron chi connectivity index (χ0n) is 15.3. The van der Waals surface area contributed by atoms with Gasteiger partial charge in [0.2, 0.25) is 0 Å². The summed E-state index contributed by atoms with van der Waals surface area (Å²) in [5, 5.41) is 10.8. The molecule has 0 N–H and O–H groups in total. The third-order valence-electron chi connectivity index (χ3n) is 4.93. The summed E-state index contributed by atoms with van der Waals surface area (Å²) in [7, 11) is 0. The van der Waals surface area contributed by atoms with Gasteiger partial charge >= 0.3 is 5.97 Å². The number of nitro groups is 1. The summed E-state index contributed by atoms with van der Waals surface area (Å²) >= 11 is 0. The lowest BCUT2D eigenvalue weighted by Gasteiger charge is -2.33. The molecule has 3 rings (SSSR count). The number of nitrogens with zero attached hydrogens (tertiary/aromatic N) is 3. The molecule has 2 aliphatic heterocycles. The summed E-state index contributed by atoms with van der Waals surface area (Å²) in [6.45, 7) is 1.41. The second-order valence-electron chi connectivity index (χ2n) is 6.78. The number of rotatable bonds is 5. The molecule has 1 atom stereocenters. The van der Waals surface area contributed by atoms with Gasteiger partial charge < -0.3 is 9.64 Å². The number of nitro benzene ring substituents is 1. The fourth-order valence-electron chi connectivity index (χ4n) is 3.40. The van der Waals surface area contributed by atoms with E-state index < -0.39 is 35.9 Å². The number of carbonyl (C=O) groups is 4. The molecular weight excluding hydrogens is 370 g/mol. The van der Waals surface area contributed by atoms with Crippen LogP contribution in [0.2, 0.25) is 0 Å². The van der Waals surface area contributed by atoms with Crippen molar-refractivity contribution in [2.45, 2.75) is 32.2 Å². The maximum absolute atomic E-state index is 12.3. The average molecular weight is 389 g/mol. The van der Waals surface area contributed by atoms with Crippen LogP contribution in [0.4, 0.5) is 5.69 Å². The molecule has 0 aromatic heterocycles. The summed E-state index contributed by atoms with van der Waals surface area (Å²) in [5.41, 5.74) is -0.475. The first-order valence-corrected chi connectivity index (χ1v) is 8.89. The van der Waals surface area contributed by atoms with E-state index in [1.54, 1.807) is 4.90 Å². The number of hydrogen-bond acceptors (Lipinski definition) is 7. The Bertz CT molecular complexity index is 867. The van der Waals surface area contributed by atoms with Crippen molar-refractivity contribution < 1.29 is 28.8 Å². The number of amides is 3. The van der Waals surface area contributed by atoms with Crippen molar-refractivity contribution in [3.05, 3.63) is 39.4 Å². The molecule has 28 heavy (non-hydrogen) atoms. The highest BCUT2D eigenvalue weighted by atomic mass is 16.6. The van der Waals surface area contributed by atoms with Crippen LogP contribution in [0.15, 0.2) is 18.2 Å². The third kappa shape index (κ3) is 3.71. The molecule has 2 heterocycles. The van der Waals surface area contributed by atoms with Crippen molar-refractivity contribution >= 4 is 29.4 Å². The minimum atomic E-state index is -0.901. The minimum Gasteiger partial charge on any atom is -0.454 e. The fraction of sp³-hybridized carbons (Fsp3) is 0.444. The zero-order valence-corrected chi connectivity index (χ0v) is 15.3. The lowest BCUT2D eigenvalue weighted by Crippen LogP contribution is -2.44. The highest BCUT2D eigenvalue weighted by Crippen LogP contribution is 2.26. The van der Waals surface area contributed by atoms with Crippen LogP contribution in [0.5, 0.6) is 0 Å². The number of hydrogen-bond donors (Lipinski definition) is 0. The topological polar surface area (TPSA) is 127 Å². The second kappa shape index (κ2) is 7.75. The van der Waals surface area contributed by atoms with E-state index in [0.717, 1.165) is 31.4 Å². The van der Waals surface area contributed by atoms with Gasteiger partial charge in [-0.15, -0.1) is 0 Å². The molecule has 0 unspecified atom stereocenters. The van der Waals surface area contributed by atoms with E-state index in [2.05, 4.69) is 0 Å². The largest absolute Gasteiger partial charge is 0.454 e. The number of piperidine rings is 1. The van der Waals surface area contributed by atoms with Crippen molar-refractivity contribution in [1.29, 1.82) is 0 Å². The van der Waals surface area contributed by atoms with Crippen molar-refractivity contribution in [2.24, 2.45) is 0 Å². The zero-order chi connectivity index (χ0) is 20.4. The van der Waals surface area contributed by atoms with Crippen LogP contribution in [0.1, 0.15) is 46.9 Å². The monoisotopic (exact) mass is 389 g/mol. The van der Waals surface area contributed by atoms with Gasteiger partial charge in [-0.2, -0.15) is 0 Å². The average Bonchev–Trinajstić information content (AvgIpc) is 2.91. The molecule has 1 aromatic carbocycles. The van der Waals surface area contributed by atoms with E-state index in [4.69, 9.17) is 4.74 Å². The SMILES string of the molecule is C[C@@H]1CCCCN1C(=O)COC(=O)CN1C(=O)c2ccc([N+](=O)[O-])cc2C1=O. The van der Waals surface area contributed by atoms with E-state index >= 15 is 0 Å².